The molecule has 4 rings (SSSR count). The highest BCUT2D eigenvalue weighted by Crippen LogP contribution is 2.33. The highest BCUT2D eigenvalue weighted by molar-refractivity contribution is 6.29. The fraction of sp³-hybridized carbons (Fsp3) is 0.174. The zero-order chi connectivity index (χ0) is 24.2. The molecule has 2 N–H and O–H groups in total. The van der Waals surface area contributed by atoms with Gasteiger partial charge in [0, 0.05) is 17.7 Å². The van der Waals surface area contributed by atoms with E-state index in [1.165, 1.54) is 36.7 Å². The number of nitrogens with one attached hydrogen (secondary N) is 2. The molecule has 0 saturated carbocycles. The molecule has 11 heteroatoms. The summed E-state index contributed by atoms with van der Waals surface area (Å²) in [5.74, 6) is -2.82. The van der Waals surface area contributed by atoms with Crippen LogP contribution in [0.1, 0.15) is 18.4 Å². The van der Waals surface area contributed by atoms with E-state index in [0.29, 0.717) is 12.8 Å². The van der Waals surface area contributed by atoms with E-state index in [1.807, 2.05) is 6.07 Å². The number of amides is 3. The van der Waals surface area contributed by atoms with Crippen LogP contribution in [0.4, 0.5) is 25.1 Å². The van der Waals surface area contributed by atoms with Gasteiger partial charge in [-0.2, -0.15) is 5.26 Å². The number of carbonyl (C=O) groups is 2. The summed E-state index contributed by atoms with van der Waals surface area (Å²) in [5.41, 5.74) is 0.125. The summed E-state index contributed by atoms with van der Waals surface area (Å²) in [6.45, 7) is 0.159. The van der Waals surface area contributed by atoms with E-state index in [1.54, 1.807) is 12.1 Å². The van der Waals surface area contributed by atoms with Crippen molar-refractivity contribution in [1.29, 1.82) is 5.26 Å². The molecule has 0 aliphatic carbocycles. The largest absolute Gasteiger partial charge is 0.326 e. The summed E-state index contributed by atoms with van der Waals surface area (Å²) < 4.78 is 30.1. The van der Waals surface area contributed by atoms with Gasteiger partial charge in [-0.05, 0) is 31.0 Å². The van der Waals surface area contributed by atoms with Crippen molar-refractivity contribution in [3.05, 3.63) is 71.1 Å². The predicted octanol–water partition coefficient (Wildman–Crippen LogP) is 4.26. The van der Waals surface area contributed by atoms with Gasteiger partial charge in [0.15, 0.2) is 17.5 Å². The summed E-state index contributed by atoms with van der Waals surface area (Å²) in [6.07, 6.45) is 3.28. The second-order valence-corrected chi connectivity index (χ2v) is 7.81. The van der Waals surface area contributed by atoms with Crippen molar-refractivity contribution in [3.63, 3.8) is 0 Å². The molecule has 1 aliphatic rings. The molecule has 0 spiro atoms. The number of hydrogen-bond acceptors (Lipinski definition) is 5. The Morgan fingerprint density at radius 1 is 1.12 bits per heavy atom. The molecular formula is C23H17ClF2N6O2. The van der Waals surface area contributed by atoms with Crippen LogP contribution < -0.4 is 15.5 Å². The normalized spacial score (nSPS) is 15.5. The average Bonchev–Trinajstić information content (AvgIpc) is 2.84. The Morgan fingerprint density at radius 3 is 2.65 bits per heavy atom. The van der Waals surface area contributed by atoms with E-state index in [9.17, 15) is 19.2 Å². The van der Waals surface area contributed by atoms with Crippen LogP contribution in [0.5, 0.6) is 0 Å². The number of nitrogens with zero attached hydrogens (tertiary/aromatic N) is 4. The first-order valence-electron chi connectivity index (χ1n) is 10.2. The van der Waals surface area contributed by atoms with Crippen LogP contribution in [0.25, 0.3) is 11.1 Å². The molecule has 1 fully saturated rings. The molecule has 1 saturated heterocycles. The van der Waals surface area contributed by atoms with Crippen molar-refractivity contribution < 1.29 is 18.4 Å². The van der Waals surface area contributed by atoms with Gasteiger partial charge in [0.1, 0.15) is 11.2 Å². The summed E-state index contributed by atoms with van der Waals surface area (Å²) >= 11 is 5.66. The van der Waals surface area contributed by atoms with Crippen LogP contribution in [-0.2, 0) is 4.79 Å². The van der Waals surface area contributed by atoms with Crippen molar-refractivity contribution in [2.45, 2.75) is 18.9 Å². The van der Waals surface area contributed by atoms with Crippen molar-refractivity contribution in [2.24, 2.45) is 0 Å². The number of benzene rings is 2. The maximum atomic E-state index is 15.1. The highest BCUT2D eigenvalue weighted by atomic mass is 35.5. The van der Waals surface area contributed by atoms with E-state index < -0.39 is 29.6 Å². The summed E-state index contributed by atoms with van der Waals surface area (Å²) in [4.78, 5) is 34.1. The van der Waals surface area contributed by atoms with Gasteiger partial charge in [0.05, 0.1) is 29.7 Å². The maximum absolute atomic E-state index is 15.1. The van der Waals surface area contributed by atoms with E-state index in [2.05, 4.69) is 20.6 Å². The van der Waals surface area contributed by atoms with Gasteiger partial charge in [-0.1, -0.05) is 29.8 Å². The van der Waals surface area contributed by atoms with E-state index in [-0.39, 0.29) is 39.9 Å². The minimum atomic E-state index is -1.21. The van der Waals surface area contributed by atoms with Crippen molar-refractivity contribution in [2.75, 3.05) is 16.8 Å². The number of urea groups is 1. The van der Waals surface area contributed by atoms with E-state index in [4.69, 9.17) is 11.6 Å². The van der Waals surface area contributed by atoms with Crippen LogP contribution in [0.2, 0.25) is 5.15 Å². The Bertz CT molecular complexity index is 1300. The topological polar surface area (TPSA) is 111 Å². The first kappa shape index (κ1) is 23.1. The van der Waals surface area contributed by atoms with Gasteiger partial charge in [0.2, 0.25) is 5.91 Å². The molecule has 172 valence electrons. The molecule has 3 aromatic rings. The lowest BCUT2D eigenvalue weighted by Crippen LogP contribution is -2.53. The zero-order valence-corrected chi connectivity index (χ0v) is 18.3. The van der Waals surface area contributed by atoms with Gasteiger partial charge in [-0.3, -0.25) is 10.1 Å². The smallest absolute Gasteiger partial charge is 0.321 e. The van der Waals surface area contributed by atoms with Gasteiger partial charge < -0.3 is 10.2 Å². The third-order valence-corrected chi connectivity index (χ3v) is 5.49. The highest BCUT2D eigenvalue weighted by Gasteiger charge is 2.33. The monoisotopic (exact) mass is 482 g/mol. The quantitative estimate of drug-likeness (QED) is 0.577. The minimum absolute atomic E-state index is 0.0824. The van der Waals surface area contributed by atoms with Crippen molar-refractivity contribution in [1.82, 2.24) is 15.3 Å². The molecular weight excluding hydrogens is 466 g/mol. The molecule has 0 radical (unpaired) electrons. The number of carbonyl (C=O) groups excluding carboxylic acids is 2. The van der Waals surface area contributed by atoms with Gasteiger partial charge in [-0.25, -0.2) is 23.5 Å². The predicted molar refractivity (Wildman–Crippen MR) is 121 cm³/mol. The molecule has 1 aromatic heterocycles. The van der Waals surface area contributed by atoms with Crippen LogP contribution in [0.3, 0.4) is 0 Å². The Hall–Kier alpha value is -4.10. The average molecular weight is 483 g/mol. The molecule has 2 heterocycles. The standard InChI is InChI=1S/C23H17ClF2N6O2/c24-18-11-29-19(12-28-18)31-23(34)30-16-6-3-9-32(22(16)33)17-8-7-15(20(25)21(17)26)14-5-2-1-4-13(14)10-27/h1-2,4-5,7-8,11-12,16H,3,6,9H2,(H2,29,30,31,34)/t16-/m1/s1. The number of rotatable bonds is 4. The molecule has 0 unspecified atom stereocenters. The number of nitriles is 1. The Morgan fingerprint density at radius 2 is 1.91 bits per heavy atom. The van der Waals surface area contributed by atoms with E-state index >= 15 is 4.39 Å². The summed E-state index contributed by atoms with van der Waals surface area (Å²) in [5, 5.41) is 14.4. The number of hydrogen-bond donors (Lipinski definition) is 2. The zero-order valence-electron chi connectivity index (χ0n) is 17.6. The lowest BCUT2D eigenvalue weighted by atomic mass is 9.98. The van der Waals surface area contributed by atoms with Crippen LogP contribution >= 0.6 is 11.6 Å². The molecule has 0 bridgehead atoms. The lowest BCUT2D eigenvalue weighted by molar-refractivity contribution is -0.121. The maximum Gasteiger partial charge on any atom is 0.321 e. The SMILES string of the molecule is N#Cc1ccccc1-c1ccc(N2CCC[C@@H](NC(=O)Nc3cnc(Cl)cn3)C2=O)c(F)c1F. The van der Waals surface area contributed by atoms with Crippen LogP contribution in [0, 0.1) is 23.0 Å². The minimum Gasteiger partial charge on any atom is -0.326 e. The third-order valence-electron chi connectivity index (χ3n) is 5.30. The van der Waals surface area contributed by atoms with Crippen LogP contribution in [0.15, 0.2) is 48.8 Å². The molecule has 3 amide bonds. The molecule has 34 heavy (non-hydrogen) atoms. The number of halogens is 3. The van der Waals surface area contributed by atoms with Gasteiger partial charge in [0.25, 0.3) is 0 Å². The third kappa shape index (κ3) is 4.65. The Balaban J connectivity index is 1.53. The van der Waals surface area contributed by atoms with Gasteiger partial charge in [-0.15, -0.1) is 0 Å². The first-order chi connectivity index (χ1) is 16.4. The first-order valence-corrected chi connectivity index (χ1v) is 10.6. The van der Waals surface area contributed by atoms with Crippen molar-refractivity contribution in [3.8, 4) is 17.2 Å². The van der Waals surface area contributed by atoms with Crippen LogP contribution in [-0.4, -0.2) is 34.5 Å². The van der Waals surface area contributed by atoms with E-state index in [0.717, 1.165) is 4.90 Å². The molecule has 2 aromatic carbocycles. The van der Waals surface area contributed by atoms with Gasteiger partial charge >= 0.3 is 6.03 Å². The number of aromatic nitrogens is 2. The Labute approximate surface area is 198 Å². The second-order valence-electron chi connectivity index (χ2n) is 7.43. The Kier molecular flexibility index (Phi) is 6.65. The molecule has 1 aliphatic heterocycles. The molecule has 8 nitrogen and oxygen atoms in total. The summed E-state index contributed by atoms with van der Waals surface area (Å²) in [6, 6.07) is 9.20. The lowest BCUT2D eigenvalue weighted by Gasteiger charge is -2.33. The number of anilines is 2. The second kappa shape index (κ2) is 9.80. The fourth-order valence-corrected chi connectivity index (χ4v) is 3.80. The molecule has 1 atom stereocenters. The van der Waals surface area contributed by atoms with Crippen molar-refractivity contribution >= 4 is 35.0 Å². The summed E-state index contributed by atoms with van der Waals surface area (Å²) in [7, 11) is 0. The number of piperidine rings is 1. The fourth-order valence-electron chi connectivity index (χ4n) is 3.71.